The Morgan fingerprint density at radius 1 is 1.43 bits per heavy atom. The average Bonchev–Trinajstić information content (AvgIpc) is 2.53. The maximum atomic E-state index is 3.53. The van der Waals surface area contributed by atoms with Crippen molar-refractivity contribution in [2.75, 3.05) is 45.6 Å². The van der Waals surface area contributed by atoms with Crippen LogP contribution in [0.2, 0.25) is 0 Å². The summed E-state index contributed by atoms with van der Waals surface area (Å²) in [5.74, 6) is 0.953. The van der Waals surface area contributed by atoms with Gasteiger partial charge in [0.1, 0.15) is 0 Å². The van der Waals surface area contributed by atoms with Crippen molar-refractivity contribution in [2.45, 2.75) is 19.3 Å². The van der Waals surface area contributed by atoms with Crippen LogP contribution in [0.15, 0.2) is 0 Å². The maximum absolute atomic E-state index is 3.53. The van der Waals surface area contributed by atoms with Crippen molar-refractivity contribution >= 4 is 15.9 Å². The van der Waals surface area contributed by atoms with Gasteiger partial charge in [-0.3, -0.25) is 0 Å². The number of hydrogen-bond acceptors (Lipinski definition) is 2. The Hall–Kier alpha value is 0.400. The third-order valence-corrected chi connectivity index (χ3v) is 3.42. The van der Waals surface area contributed by atoms with Gasteiger partial charge in [-0.05, 0) is 58.9 Å². The van der Waals surface area contributed by atoms with Crippen LogP contribution in [0.3, 0.4) is 0 Å². The highest BCUT2D eigenvalue weighted by atomic mass is 79.9. The molecule has 1 saturated heterocycles. The summed E-state index contributed by atoms with van der Waals surface area (Å²) in [6.07, 6.45) is 4.08. The zero-order valence-corrected chi connectivity index (χ0v) is 11.1. The molecule has 0 bridgehead atoms. The summed E-state index contributed by atoms with van der Waals surface area (Å²) in [6, 6.07) is 0. The molecule has 3 heteroatoms. The molecule has 84 valence electrons. The molecule has 0 radical (unpaired) electrons. The minimum absolute atomic E-state index is 0.953. The van der Waals surface area contributed by atoms with E-state index < -0.39 is 0 Å². The summed E-state index contributed by atoms with van der Waals surface area (Å²) in [5, 5.41) is 1.17. The molecule has 2 nitrogen and oxygen atoms in total. The highest BCUT2D eigenvalue weighted by Crippen LogP contribution is 2.20. The van der Waals surface area contributed by atoms with E-state index in [1.54, 1.807) is 0 Å². The van der Waals surface area contributed by atoms with E-state index in [0.29, 0.717) is 0 Å². The molecule has 1 rings (SSSR count). The van der Waals surface area contributed by atoms with Gasteiger partial charge in [0.15, 0.2) is 0 Å². The first-order valence-electron chi connectivity index (χ1n) is 5.65. The van der Waals surface area contributed by atoms with Gasteiger partial charge < -0.3 is 9.80 Å². The molecule has 0 aromatic carbocycles. The van der Waals surface area contributed by atoms with Crippen molar-refractivity contribution in [3.05, 3.63) is 0 Å². The normalized spacial score (nSPS) is 23.6. The summed E-state index contributed by atoms with van der Waals surface area (Å²) < 4.78 is 0. The van der Waals surface area contributed by atoms with Gasteiger partial charge in [-0.25, -0.2) is 0 Å². The molecule has 0 amide bonds. The molecule has 14 heavy (non-hydrogen) atoms. The molecule has 0 aromatic heterocycles. The van der Waals surface area contributed by atoms with Crippen LogP contribution in [0.1, 0.15) is 19.3 Å². The Morgan fingerprint density at radius 3 is 2.86 bits per heavy atom. The van der Waals surface area contributed by atoms with Gasteiger partial charge in [-0.1, -0.05) is 15.9 Å². The molecule has 0 N–H and O–H groups in total. The van der Waals surface area contributed by atoms with E-state index in [2.05, 4.69) is 39.8 Å². The molecule has 0 saturated carbocycles. The maximum Gasteiger partial charge on any atom is 0.00344 e. The van der Waals surface area contributed by atoms with E-state index in [1.165, 1.54) is 50.8 Å². The third kappa shape index (κ3) is 4.76. The molecular weight excluding hydrogens is 240 g/mol. The van der Waals surface area contributed by atoms with Crippen molar-refractivity contribution in [3.63, 3.8) is 0 Å². The van der Waals surface area contributed by atoms with Gasteiger partial charge in [-0.2, -0.15) is 0 Å². The molecule has 0 spiro atoms. The summed E-state index contributed by atoms with van der Waals surface area (Å²) in [5.41, 5.74) is 0. The van der Waals surface area contributed by atoms with Crippen molar-refractivity contribution in [3.8, 4) is 0 Å². The van der Waals surface area contributed by atoms with Crippen LogP contribution >= 0.6 is 15.9 Å². The molecule has 1 unspecified atom stereocenters. The fraction of sp³-hybridized carbons (Fsp3) is 1.00. The third-order valence-electron chi connectivity index (χ3n) is 2.97. The minimum atomic E-state index is 0.953. The van der Waals surface area contributed by atoms with E-state index in [1.807, 2.05) is 0 Å². The second kappa shape index (κ2) is 6.81. The Balaban J connectivity index is 2.04. The van der Waals surface area contributed by atoms with Gasteiger partial charge in [0, 0.05) is 11.9 Å². The smallest absolute Gasteiger partial charge is 0.00344 e. The van der Waals surface area contributed by atoms with Gasteiger partial charge in [0.25, 0.3) is 0 Å². The lowest BCUT2D eigenvalue weighted by atomic mass is 10.1. The fourth-order valence-corrected chi connectivity index (χ4v) is 2.76. The van der Waals surface area contributed by atoms with Crippen molar-refractivity contribution < 1.29 is 0 Å². The standard InChI is InChI=1S/C11H23BrN2/c1-13(2)7-3-8-14-9-5-11(10-14)4-6-12/h11H,3-10H2,1-2H3. The second-order valence-corrected chi connectivity index (χ2v) is 5.38. The van der Waals surface area contributed by atoms with E-state index in [-0.39, 0.29) is 0 Å². The van der Waals surface area contributed by atoms with E-state index in [9.17, 15) is 0 Å². The van der Waals surface area contributed by atoms with E-state index in [4.69, 9.17) is 0 Å². The largest absolute Gasteiger partial charge is 0.309 e. The number of rotatable bonds is 6. The van der Waals surface area contributed by atoms with Crippen LogP contribution in [0.5, 0.6) is 0 Å². The van der Waals surface area contributed by atoms with Crippen molar-refractivity contribution in [2.24, 2.45) is 5.92 Å². The SMILES string of the molecule is CN(C)CCCN1CCC(CCBr)C1. The highest BCUT2D eigenvalue weighted by Gasteiger charge is 2.20. The zero-order chi connectivity index (χ0) is 10.4. The zero-order valence-electron chi connectivity index (χ0n) is 9.51. The lowest BCUT2D eigenvalue weighted by Gasteiger charge is -2.17. The van der Waals surface area contributed by atoms with Gasteiger partial charge in [0.05, 0.1) is 0 Å². The van der Waals surface area contributed by atoms with Crippen molar-refractivity contribution in [1.29, 1.82) is 0 Å². The van der Waals surface area contributed by atoms with Crippen LogP contribution in [0, 0.1) is 5.92 Å². The lowest BCUT2D eigenvalue weighted by Crippen LogP contribution is -2.25. The van der Waals surface area contributed by atoms with Crippen LogP contribution in [-0.2, 0) is 0 Å². The Labute approximate surface area is 96.8 Å². The predicted molar refractivity (Wildman–Crippen MR) is 66.1 cm³/mol. The Bertz CT molecular complexity index is 150. The fourth-order valence-electron chi connectivity index (χ4n) is 2.12. The van der Waals surface area contributed by atoms with Gasteiger partial charge >= 0.3 is 0 Å². The number of halogens is 1. The topological polar surface area (TPSA) is 6.48 Å². The summed E-state index contributed by atoms with van der Waals surface area (Å²) in [6.45, 7) is 5.17. The number of hydrogen-bond donors (Lipinski definition) is 0. The summed E-state index contributed by atoms with van der Waals surface area (Å²) in [4.78, 5) is 4.89. The first kappa shape index (κ1) is 12.5. The van der Waals surface area contributed by atoms with Crippen LogP contribution < -0.4 is 0 Å². The van der Waals surface area contributed by atoms with Gasteiger partial charge in [-0.15, -0.1) is 0 Å². The van der Waals surface area contributed by atoms with E-state index in [0.717, 1.165) is 5.92 Å². The molecular formula is C11H23BrN2. The van der Waals surface area contributed by atoms with Crippen LogP contribution in [0.4, 0.5) is 0 Å². The molecule has 1 aliphatic heterocycles. The van der Waals surface area contributed by atoms with E-state index >= 15 is 0 Å². The first-order valence-corrected chi connectivity index (χ1v) is 6.77. The van der Waals surface area contributed by atoms with Crippen LogP contribution in [0.25, 0.3) is 0 Å². The number of nitrogens with zero attached hydrogens (tertiary/aromatic N) is 2. The second-order valence-electron chi connectivity index (χ2n) is 4.59. The number of likely N-dealkylation sites (tertiary alicyclic amines) is 1. The monoisotopic (exact) mass is 262 g/mol. The molecule has 1 fully saturated rings. The number of alkyl halides is 1. The quantitative estimate of drug-likeness (QED) is 0.677. The van der Waals surface area contributed by atoms with Gasteiger partial charge in [0.2, 0.25) is 0 Å². The average molecular weight is 263 g/mol. The first-order chi connectivity index (χ1) is 6.72. The molecule has 0 aromatic rings. The summed E-state index contributed by atoms with van der Waals surface area (Å²) >= 11 is 3.53. The van der Waals surface area contributed by atoms with Crippen molar-refractivity contribution in [1.82, 2.24) is 9.80 Å². The molecule has 1 heterocycles. The molecule has 1 atom stereocenters. The Morgan fingerprint density at radius 2 is 2.21 bits per heavy atom. The molecule has 0 aliphatic carbocycles. The molecule has 1 aliphatic rings. The lowest BCUT2D eigenvalue weighted by molar-refractivity contribution is 0.293. The summed E-state index contributed by atoms with van der Waals surface area (Å²) in [7, 11) is 4.30. The minimum Gasteiger partial charge on any atom is -0.309 e. The Kier molecular flexibility index (Phi) is 6.06. The predicted octanol–water partition coefficient (Wildman–Crippen LogP) is 2.04. The van der Waals surface area contributed by atoms with Crippen LogP contribution in [-0.4, -0.2) is 55.4 Å². The highest BCUT2D eigenvalue weighted by molar-refractivity contribution is 9.09.